The predicted octanol–water partition coefficient (Wildman–Crippen LogP) is 2.82. The molecule has 1 aromatic carbocycles. The third kappa shape index (κ3) is 5.31. The second-order valence-corrected chi connectivity index (χ2v) is 8.75. The highest BCUT2D eigenvalue weighted by atomic mass is 19.1. The van der Waals surface area contributed by atoms with E-state index in [1.54, 1.807) is 23.1 Å². The Morgan fingerprint density at radius 2 is 1.97 bits per heavy atom. The van der Waals surface area contributed by atoms with Crippen molar-refractivity contribution in [2.75, 3.05) is 32.8 Å². The zero-order chi connectivity index (χ0) is 21.0. The molecule has 0 aliphatic carbocycles. The van der Waals surface area contributed by atoms with Gasteiger partial charge in [0.25, 0.3) is 0 Å². The van der Waals surface area contributed by atoms with Crippen LogP contribution in [0.2, 0.25) is 0 Å². The van der Waals surface area contributed by atoms with E-state index in [1.807, 2.05) is 25.7 Å². The molecule has 2 aliphatic rings. The van der Waals surface area contributed by atoms with Gasteiger partial charge in [-0.3, -0.25) is 0 Å². The van der Waals surface area contributed by atoms with Gasteiger partial charge in [0.2, 0.25) is 0 Å². The van der Waals surface area contributed by atoms with Crippen molar-refractivity contribution < 1.29 is 18.7 Å². The van der Waals surface area contributed by atoms with Gasteiger partial charge in [-0.25, -0.2) is 14.0 Å². The fourth-order valence-electron chi connectivity index (χ4n) is 3.70. The highest BCUT2D eigenvalue weighted by Crippen LogP contribution is 2.23. The molecule has 160 valence electrons. The van der Waals surface area contributed by atoms with Crippen LogP contribution in [0.5, 0.6) is 5.75 Å². The number of hydrogen-bond donors (Lipinski definition) is 2. The minimum Gasteiger partial charge on any atom is -0.488 e. The largest absolute Gasteiger partial charge is 0.488 e. The van der Waals surface area contributed by atoms with Crippen LogP contribution in [0.4, 0.5) is 14.0 Å². The molecule has 2 aliphatic heterocycles. The van der Waals surface area contributed by atoms with Gasteiger partial charge in [0.05, 0.1) is 6.04 Å². The Hall–Kier alpha value is -2.51. The van der Waals surface area contributed by atoms with Crippen molar-refractivity contribution in [3.05, 3.63) is 30.1 Å². The molecule has 0 saturated carbocycles. The summed E-state index contributed by atoms with van der Waals surface area (Å²) in [6.07, 6.45) is 1.54. The number of halogens is 1. The number of para-hydroxylation sites is 1. The molecule has 2 fully saturated rings. The maximum Gasteiger partial charge on any atom is 0.317 e. The van der Waals surface area contributed by atoms with Crippen LogP contribution in [0.25, 0.3) is 0 Å². The molecule has 7 nitrogen and oxygen atoms in total. The minimum atomic E-state index is -0.417. The highest BCUT2D eigenvalue weighted by Gasteiger charge is 2.34. The molecule has 1 atom stereocenters. The van der Waals surface area contributed by atoms with Crippen molar-refractivity contribution in [2.24, 2.45) is 5.41 Å². The molecule has 29 heavy (non-hydrogen) atoms. The number of likely N-dealkylation sites (tertiary alicyclic amines) is 1. The number of amides is 4. The van der Waals surface area contributed by atoms with Gasteiger partial charge in [-0.05, 0) is 30.4 Å². The summed E-state index contributed by atoms with van der Waals surface area (Å²) in [5.41, 5.74) is -0.257. The number of benzene rings is 1. The zero-order valence-electron chi connectivity index (χ0n) is 17.4. The average molecular weight is 407 g/mol. The van der Waals surface area contributed by atoms with Crippen LogP contribution in [0.1, 0.15) is 33.6 Å². The SMILES string of the molecule is CC(C)(C)C(COc1ccccc1F)NC(=O)N1CCC(N2CCNC2=O)CC1. The van der Waals surface area contributed by atoms with Crippen LogP contribution in [-0.4, -0.2) is 66.7 Å². The van der Waals surface area contributed by atoms with Gasteiger partial charge in [-0.15, -0.1) is 0 Å². The number of urea groups is 2. The van der Waals surface area contributed by atoms with Crippen LogP contribution < -0.4 is 15.4 Å². The molecule has 0 aromatic heterocycles. The van der Waals surface area contributed by atoms with Gasteiger partial charge < -0.3 is 25.2 Å². The summed E-state index contributed by atoms with van der Waals surface area (Å²) < 4.78 is 19.5. The van der Waals surface area contributed by atoms with E-state index < -0.39 is 5.82 Å². The number of piperidine rings is 1. The lowest BCUT2D eigenvalue weighted by molar-refractivity contribution is 0.125. The second-order valence-electron chi connectivity index (χ2n) is 8.75. The monoisotopic (exact) mass is 406 g/mol. The Labute approximate surface area is 171 Å². The first kappa shape index (κ1) is 21.2. The standard InChI is InChI=1S/C21H31FN4O3/c1-21(2,3)18(14-29-17-7-5-4-6-16(17)22)24-20(28)25-11-8-15(9-12-25)26-13-10-23-19(26)27/h4-7,15,18H,8-14H2,1-3H3,(H,23,27)(H,24,28). The summed E-state index contributed by atoms with van der Waals surface area (Å²) in [6, 6.07) is 6.01. The quantitative estimate of drug-likeness (QED) is 0.790. The van der Waals surface area contributed by atoms with Crippen molar-refractivity contribution in [3.63, 3.8) is 0 Å². The number of carbonyl (C=O) groups excluding carboxylic acids is 2. The summed E-state index contributed by atoms with van der Waals surface area (Å²) in [4.78, 5) is 28.3. The Bertz CT molecular complexity index is 729. The zero-order valence-corrected chi connectivity index (χ0v) is 17.4. The maximum atomic E-state index is 13.8. The van der Waals surface area contributed by atoms with E-state index in [1.165, 1.54) is 6.07 Å². The fraction of sp³-hybridized carbons (Fsp3) is 0.619. The van der Waals surface area contributed by atoms with E-state index in [0.29, 0.717) is 19.6 Å². The summed E-state index contributed by atoms with van der Waals surface area (Å²) in [7, 11) is 0. The van der Waals surface area contributed by atoms with E-state index in [0.717, 1.165) is 19.4 Å². The molecule has 2 heterocycles. The summed E-state index contributed by atoms with van der Waals surface area (Å²) in [5.74, 6) is -0.236. The second kappa shape index (κ2) is 8.88. The molecule has 8 heteroatoms. The minimum absolute atomic E-state index is 0.00834. The number of carbonyl (C=O) groups is 2. The molecule has 2 N–H and O–H groups in total. The maximum absolute atomic E-state index is 13.8. The molecule has 0 bridgehead atoms. The Kier molecular flexibility index (Phi) is 6.49. The smallest absolute Gasteiger partial charge is 0.317 e. The molecule has 0 radical (unpaired) electrons. The lowest BCUT2D eigenvalue weighted by atomic mass is 9.87. The third-order valence-corrected chi connectivity index (χ3v) is 5.67. The van der Waals surface area contributed by atoms with Crippen molar-refractivity contribution in [3.8, 4) is 5.75 Å². The van der Waals surface area contributed by atoms with E-state index in [-0.39, 0.29) is 41.9 Å². The molecule has 4 amide bonds. The molecule has 1 unspecified atom stereocenters. The number of nitrogens with one attached hydrogen (secondary N) is 2. The highest BCUT2D eigenvalue weighted by molar-refractivity contribution is 5.77. The van der Waals surface area contributed by atoms with Crippen LogP contribution in [0, 0.1) is 11.2 Å². The van der Waals surface area contributed by atoms with Crippen LogP contribution in [0.3, 0.4) is 0 Å². The molecule has 0 spiro atoms. The Balaban J connectivity index is 1.53. The Morgan fingerprint density at radius 1 is 1.28 bits per heavy atom. The van der Waals surface area contributed by atoms with Gasteiger partial charge in [-0.1, -0.05) is 32.9 Å². The first-order valence-corrected chi connectivity index (χ1v) is 10.2. The number of rotatable bonds is 5. The number of ether oxygens (including phenoxy) is 1. The Morgan fingerprint density at radius 3 is 2.55 bits per heavy atom. The summed E-state index contributed by atoms with van der Waals surface area (Å²) in [5, 5.41) is 5.88. The van der Waals surface area contributed by atoms with Gasteiger partial charge in [-0.2, -0.15) is 0 Å². The topological polar surface area (TPSA) is 73.9 Å². The lowest BCUT2D eigenvalue weighted by Crippen LogP contribution is -2.55. The van der Waals surface area contributed by atoms with Crippen molar-refractivity contribution in [2.45, 2.75) is 45.7 Å². The van der Waals surface area contributed by atoms with Gasteiger partial charge in [0, 0.05) is 32.2 Å². The van der Waals surface area contributed by atoms with Gasteiger partial charge in [0.15, 0.2) is 11.6 Å². The summed E-state index contributed by atoms with van der Waals surface area (Å²) >= 11 is 0. The molecular weight excluding hydrogens is 375 g/mol. The normalized spacial score (nSPS) is 19.1. The van der Waals surface area contributed by atoms with Crippen LogP contribution in [0.15, 0.2) is 24.3 Å². The average Bonchev–Trinajstić information content (AvgIpc) is 3.11. The fourth-order valence-corrected chi connectivity index (χ4v) is 3.70. The van der Waals surface area contributed by atoms with Gasteiger partial charge in [0.1, 0.15) is 6.61 Å². The van der Waals surface area contributed by atoms with Crippen LogP contribution >= 0.6 is 0 Å². The molecule has 2 saturated heterocycles. The molecular formula is C21H31FN4O3. The molecule has 3 rings (SSSR count). The van der Waals surface area contributed by atoms with Crippen molar-refractivity contribution in [1.29, 1.82) is 0 Å². The van der Waals surface area contributed by atoms with E-state index in [9.17, 15) is 14.0 Å². The van der Waals surface area contributed by atoms with E-state index >= 15 is 0 Å². The first-order chi connectivity index (χ1) is 13.8. The first-order valence-electron chi connectivity index (χ1n) is 10.2. The lowest BCUT2D eigenvalue weighted by Gasteiger charge is -2.38. The number of hydrogen-bond acceptors (Lipinski definition) is 3. The van der Waals surface area contributed by atoms with E-state index in [4.69, 9.17) is 4.74 Å². The van der Waals surface area contributed by atoms with Crippen molar-refractivity contribution in [1.82, 2.24) is 20.4 Å². The third-order valence-electron chi connectivity index (χ3n) is 5.67. The number of nitrogens with zero attached hydrogens (tertiary/aromatic N) is 2. The predicted molar refractivity (Wildman–Crippen MR) is 108 cm³/mol. The van der Waals surface area contributed by atoms with Crippen LogP contribution in [-0.2, 0) is 0 Å². The van der Waals surface area contributed by atoms with Gasteiger partial charge >= 0.3 is 12.1 Å². The van der Waals surface area contributed by atoms with Crippen molar-refractivity contribution >= 4 is 12.1 Å². The summed E-state index contributed by atoms with van der Waals surface area (Å²) in [6.45, 7) is 8.85. The molecule has 1 aromatic rings. The van der Waals surface area contributed by atoms with E-state index in [2.05, 4.69) is 10.6 Å².